The van der Waals surface area contributed by atoms with Crippen LogP contribution in [0, 0.1) is 11.3 Å². The number of carbonyl (C=O) groups excluding carboxylic acids is 1. The van der Waals surface area contributed by atoms with E-state index in [4.69, 9.17) is 18.6 Å². The van der Waals surface area contributed by atoms with Crippen molar-refractivity contribution in [2.24, 2.45) is 0 Å². The van der Waals surface area contributed by atoms with Crippen molar-refractivity contribution < 1.29 is 23.4 Å². The Morgan fingerprint density at radius 2 is 1.91 bits per heavy atom. The molecule has 178 valence electrons. The van der Waals surface area contributed by atoms with Gasteiger partial charge in [0, 0.05) is 17.5 Å². The van der Waals surface area contributed by atoms with Gasteiger partial charge < -0.3 is 18.6 Å². The molecule has 8 heteroatoms. The summed E-state index contributed by atoms with van der Waals surface area (Å²) in [5, 5.41) is 17.9. The molecule has 0 spiro atoms. The number of aryl methyl sites for hydroxylation is 1. The minimum atomic E-state index is -0.216. The molecule has 2 aromatic carbocycles. The van der Waals surface area contributed by atoms with Gasteiger partial charge in [-0.3, -0.25) is 4.79 Å². The molecule has 8 nitrogen and oxygen atoms in total. The highest BCUT2D eigenvalue weighted by Crippen LogP contribution is 2.31. The first kappa shape index (κ1) is 24.8. The SMILES string of the molecule is CCOC(=O)CCCOc1ccc(-c2nnc(-c3ccc(OC(C)C)c(C#N)c3)o2)c(CC)c1. The van der Waals surface area contributed by atoms with Crippen molar-refractivity contribution in [1.29, 1.82) is 5.26 Å². The summed E-state index contributed by atoms with van der Waals surface area (Å²) in [6.07, 6.45) is 1.62. The molecule has 3 aromatic rings. The van der Waals surface area contributed by atoms with Crippen LogP contribution in [0.5, 0.6) is 11.5 Å². The highest BCUT2D eigenvalue weighted by Gasteiger charge is 2.16. The molecule has 0 unspecified atom stereocenters. The maximum absolute atomic E-state index is 11.4. The zero-order chi connectivity index (χ0) is 24.5. The second-order valence-electron chi connectivity index (χ2n) is 7.83. The van der Waals surface area contributed by atoms with Gasteiger partial charge in [0.05, 0.1) is 24.9 Å². The predicted molar refractivity (Wildman–Crippen MR) is 126 cm³/mol. The van der Waals surface area contributed by atoms with Crippen molar-refractivity contribution in [3.8, 4) is 40.5 Å². The van der Waals surface area contributed by atoms with E-state index in [1.54, 1.807) is 25.1 Å². The van der Waals surface area contributed by atoms with Crippen LogP contribution in [-0.2, 0) is 16.0 Å². The third kappa shape index (κ3) is 6.35. The zero-order valence-corrected chi connectivity index (χ0v) is 20.0. The average molecular weight is 464 g/mol. The van der Waals surface area contributed by atoms with Crippen LogP contribution in [0.15, 0.2) is 40.8 Å². The summed E-state index contributed by atoms with van der Waals surface area (Å²) in [5.41, 5.74) is 2.87. The van der Waals surface area contributed by atoms with Crippen LogP contribution in [-0.4, -0.2) is 35.5 Å². The summed E-state index contributed by atoms with van der Waals surface area (Å²) in [7, 11) is 0. The van der Waals surface area contributed by atoms with Crippen LogP contribution in [0.25, 0.3) is 22.9 Å². The van der Waals surface area contributed by atoms with E-state index in [2.05, 4.69) is 16.3 Å². The van der Waals surface area contributed by atoms with Crippen LogP contribution in [0.4, 0.5) is 0 Å². The van der Waals surface area contributed by atoms with E-state index >= 15 is 0 Å². The molecule has 0 fully saturated rings. The third-order valence-corrected chi connectivity index (χ3v) is 4.92. The fraction of sp³-hybridized carbons (Fsp3) is 0.385. The highest BCUT2D eigenvalue weighted by atomic mass is 16.5. The molecule has 0 aliphatic carbocycles. The van der Waals surface area contributed by atoms with Gasteiger partial charge in [0.2, 0.25) is 11.8 Å². The fourth-order valence-electron chi connectivity index (χ4n) is 3.36. The molecule has 1 aromatic heterocycles. The van der Waals surface area contributed by atoms with E-state index in [-0.39, 0.29) is 12.1 Å². The molecule has 0 N–H and O–H groups in total. The van der Waals surface area contributed by atoms with Crippen molar-refractivity contribution in [2.45, 2.75) is 53.1 Å². The first-order valence-electron chi connectivity index (χ1n) is 11.4. The monoisotopic (exact) mass is 463 g/mol. The second-order valence-corrected chi connectivity index (χ2v) is 7.83. The Labute approximate surface area is 199 Å². The predicted octanol–water partition coefficient (Wildman–Crippen LogP) is 5.35. The normalized spacial score (nSPS) is 10.7. The van der Waals surface area contributed by atoms with Crippen LogP contribution in [0.2, 0.25) is 0 Å². The standard InChI is InChI=1S/C26H29N3O5/c1-5-18-15-21(32-13-7-8-24(30)31-6-2)10-11-22(18)26-29-28-25(34-26)19-9-12-23(33-17(3)4)20(14-19)16-27/h9-12,14-15,17H,5-8,13H2,1-4H3. The Morgan fingerprint density at radius 3 is 2.62 bits per heavy atom. The molecule has 0 bridgehead atoms. The molecule has 0 saturated carbocycles. The van der Waals surface area contributed by atoms with E-state index in [0.717, 1.165) is 17.5 Å². The maximum Gasteiger partial charge on any atom is 0.305 e. The Hall–Kier alpha value is -3.86. The third-order valence-electron chi connectivity index (χ3n) is 4.92. The number of aromatic nitrogens is 2. The zero-order valence-electron chi connectivity index (χ0n) is 20.0. The number of hydrogen-bond acceptors (Lipinski definition) is 8. The van der Waals surface area contributed by atoms with Crippen molar-refractivity contribution in [3.05, 3.63) is 47.5 Å². The van der Waals surface area contributed by atoms with Gasteiger partial charge in [0.1, 0.15) is 17.6 Å². The molecule has 0 atom stereocenters. The van der Waals surface area contributed by atoms with Gasteiger partial charge >= 0.3 is 5.97 Å². The molecule has 0 aliphatic heterocycles. The number of esters is 1. The largest absolute Gasteiger partial charge is 0.494 e. The number of benzene rings is 2. The fourth-order valence-corrected chi connectivity index (χ4v) is 3.36. The lowest BCUT2D eigenvalue weighted by Crippen LogP contribution is -2.06. The Kier molecular flexibility index (Phi) is 8.63. The quantitative estimate of drug-likeness (QED) is 0.277. The number of nitrogens with zero attached hydrogens (tertiary/aromatic N) is 3. The van der Waals surface area contributed by atoms with Gasteiger partial charge in [-0.2, -0.15) is 5.26 Å². The first-order valence-corrected chi connectivity index (χ1v) is 11.4. The van der Waals surface area contributed by atoms with E-state index < -0.39 is 0 Å². The summed E-state index contributed by atoms with van der Waals surface area (Å²) in [5.74, 6) is 1.73. The summed E-state index contributed by atoms with van der Waals surface area (Å²) < 4.78 is 22.3. The van der Waals surface area contributed by atoms with Gasteiger partial charge in [-0.25, -0.2) is 0 Å². The van der Waals surface area contributed by atoms with Crippen molar-refractivity contribution in [3.63, 3.8) is 0 Å². The second kappa shape index (κ2) is 11.8. The van der Waals surface area contributed by atoms with Crippen LogP contribution < -0.4 is 9.47 Å². The van der Waals surface area contributed by atoms with Crippen molar-refractivity contribution >= 4 is 5.97 Å². The van der Waals surface area contributed by atoms with E-state index in [1.165, 1.54) is 0 Å². The van der Waals surface area contributed by atoms with E-state index in [9.17, 15) is 10.1 Å². The lowest BCUT2D eigenvalue weighted by molar-refractivity contribution is -0.143. The van der Waals surface area contributed by atoms with E-state index in [0.29, 0.717) is 60.5 Å². The lowest BCUT2D eigenvalue weighted by Gasteiger charge is -2.11. The summed E-state index contributed by atoms with van der Waals surface area (Å²) in [4.78, 5) is 11.4. The lowest BCUT2D eigenvalue weighted by atomic mass is 10.0. The number of rotatable bonds is 11. The topological polar surface area (TPSA) is 107 Å². The molecule has 0 radical (unpaired) electrons. The highest BCUT2D eigenvalue weighted by molar-refractivity contribution is 5.69. The molecule has 0 aliphatic rings. The van der Waals surface area contributed by atoms with Gasteiger partial charge in [-0.1, -0.05) is 6.92 Å². The molecule has 1 heterocycles. The minimum Gasteiger partial charge on any atom is -0.494 e. The molecular weight excluding hydrogens is 434 g/mol. The molecular formula is C26H29N3O5. The Bertz CT molecular complexity index is 1160. The van der Waals surface area contributed by atoms with Crippen LogP contribution in [0.1, 0.15) is 51.7 Å². The molecule has 0 saturated heterocycles. The number of ether oxygens (including phenoxy) is 3. The minimum absolute atomic E-state index is 0.0371. The smallest absolute Gasteiger partial charge is 0.305 e. The summed E-state index contributed by atoms with van der Waals surface area (Å²) in [6, 6.07) is 13.0. The number of hydrogen-bond donors (Lipinski definition) is 0. The van der Waals surface area contributed by atoms with Crippen LogP contribution >= 0.6 is 0 Å². The van der Waals surface area contributed by atoms with Crippen molar-refractivity contribution in [2.75, 3.05) is 13.2 Å². The molecule has 0 amide bonds. The van der Waals surface area contributed by atoms with Gasteiger partial charge in [-0.15, -0.1) is 10.2 Å². The first-order chi connectivity index (χ1) is 16.4. The maximum atomic E-state index is 11.4. The average Bonchev–Trinajstić information content (AvgIpc) is 3.32. The van der Waals surface area contributed by atoms with Gasteiger partial charge in [0.25, 0.3) is 0 Å². The summed E-state index contributed by atoms with van der Waals surface area (Å²) >= 11 is 0. The number of carbonyl (C=O) groups is 1. The molecule has 34 heavy (non-hydrogen) atoms. The Balaban J connectivity index is 1.73. The molecule has 3 rings (SSSR count). The van der Waals surface area contributed by atoms with Crippen molar-refractivity contribution in [1.82, 2.24) is 10.2 Å². The van der Waals surface area contributed by atoms with Crippen LogP contribution in [0.3, 0.4) is 0 Å². The Morgan fingerprint density at radius 1 is 1.12 bits per heavy atom. The van der Waals surface area contributed by atoms with Gasteiger partial charge in [0.15, 0.2) is 0 Å². The summed E-state index contributed by atoms with van der Waals surface area (Å²) in [6.45, 7) is 8.44. The number of nitriles is 1. The van der Waals surface area contributed by atoms with Gasteiger partial charge in [-0.05, 0) is 75.6 Å². The van der Waals surface area contributed by atoms with E-state index in [1.807, 2.05) is 39.0 Å².